The average Bonchev–Trinajstić information content (AvgIpc) is 3.21. The average molecular weight is 435 g/mol. The van der Waals surface area contributed by atoms with E-state index < -0.39 is 17.8 Å². The Balaban J connectivity index is 1.43. The summed E-state index contributed by atoms with van der Waals surface area (Å²) in [6, 6.07) is 5.67. The molecule has 0 spiro atoms. The number of methoxy groups -OCH3 is 1. The Kier molecular flexibility index (Phi) is 5.77. The maximum atomic E-state index is 13.4. The number of piperidine rings is 1. The number of benzene rings is 1. The molecule has 2 amide bonds. The normalized spacial score (nSPS) is 19.9. The molecule has 1 saturated heterocycles. The van der Waals surface area contributed by atoms with Crippen molar-refractivity contribution in [1.29, 1.82) is 0 Å². The number of hydrogen-bond donors (Lipinski definition) is 0. The van der Waals surface area contributed by atoms with E-state index in [1.165, 1.54) is 19.2 Å². The van der Waals surface area contributed by atoms with Gasteiger partial charge in [-0.3, -0.25) is 9.79 Å². The van der Waals surface area contributed by atoms with E-state index in [2.05, 4.69) is 4.99 Å². The molecule has 31 heavy (non-hydrogen) atoms. The third kappa shape index (κ3) is 4.18. The molecule has 0 N–H and O–H groups in total. The molecule has 9 heteroatoms. The van der Waals surface area contributed by atoms with Crippen LogP contribution in [0.3, 0.4) is 0 Å². The van der Waals surface area contributed by atoms with Gasteiger partial charge in [0.15, 0.2) is 0 Å². The minimum absolute atomic E-state index is 0.209. The number of alkyl halides is 3. The van der Waals surface area contributed by atoms with Crippen LogP contribution in [-0.2, 0) is 15.7 Å². The van der Waals surface area contributed by atoms with Gasteiger partial charge in [0.1, 0.15) is 5.71 Å². The van der Waals surface area contributed by atoms with E-state index in [0.29, 0.717) is 63.3 Å². The van der Waals surface area contributed by atoms with Gasteiger partial charge < -0.3 is 14.5 Å². The van der Waals surface area contributed by atoms with Gasteiger partial charge in [0.05, 0.1) is 25.8 Å². The van der Waals surface area contributed by atoms with E-state index in [-0.39, 0.29) is 11.8 Å². The predicted octanol–water partition coefficient (Wildman–Crippen LogP) is 3.63. The van der Waals surface area contributed by atoms with Crippen LogP contribution in [0.2, 0.25) is 0 Å². The molecule has 0 radical (unpaired) electrons. The van der Waals surface area contributed by atoms with Gasteiger partial charge in [0.25, 0.3) is 5.91 Å². The van der Waals surface area contributed by atoms with Crippen LogP contribution in [0.25, 0.3) is 0 Å². The van der Waals surface area contributed by atoms with Gasteiger partial charge in [-0.15, -0.1) is 0 Å². The molecule has 0 unspecified atom stereocenters. The molecule has 0 saturated carbocycles. The van der Waals surface area contributed by atoms with Crippen LogP contribution in [0.15, 0.2) is 40.4 Å². The predicted molar refractivity (Wildman–Crippen MR) is 108 cm³/mol. The monoisotopic (exact) mass is 435 g/mol. The molecule has 0 aliphatic carbocycles. The van der Waals surface area contributed by atoms with E-state index in [1.54, 1.807) is 15.9 Å². The number of ether oxygens (including phenoxy) is 1. The highest BCUT2D eigenvalue weighted by Crippen LogP contribution is 2.39. The zero-order valence-electron chi connectivity index (χ0n) is 17.2. The van der Waals surface area contributed by atoms with Crippen molar-refractivity contribution in [3.63, 3.8) is 0 Å². The van der Waals surface area contributed by atoms with Crippen molar-refractivity contribution >= 4 is 17.7 Å². The fourth-order valence-corrected chi connectivity index (χ4v) is 4.63. The standard InChI is InChI=1S/C22H24F3N3O3/c1-31-21(30)28-11-8-15-12-26-19(17(15)13-28)20(29)27-9-6-14(7-10-27)16-4-2-3-5-18(16)22(23,24)25/h2-5,14H,6-13H2,1H3. The Bertz CT molecular complexity index is 947. The number of nitrogens with zero attached hydrogens (tertiary/aromatic N) is 3. The van der Waals surface area contributed by atoms with Crippen molar-refractivity contribution in [2.45, 2.75) is 31.4 Å². The lowest BCUT2D eigenvalue weighted by Crippen LogP contribution is -2.44. The SMILES string of the molecule is COC(=O)N1CCC2=C(C1)C(C(=O)N1CCC(c3ccccc3C(F)(F)F)CC1)=NC2. The van der Waals surface area contributed by atoms with Gasteiger partial charge in [-0.2, -0.15) is 13.2 Å². The molecule has 0 atom stereocenters. The van der Waals surface area contributed by atoms with Gasteiger partial charge in [-0.25, -0.2) is 4.79 Å². The Hall–Kier alpha value is -2.84. The van der Waals surface area contributed by atoms with Gasteiger partial charge in [0.2, 0.25) is 0 Å². The summed E-state index contributed by atoms with van der Waals surface area (Å²) in [4.78, 5) is 32.6. The Morgan fingerprint density at radius 3 is 2.48 bits per heavy atom. The first-order chi connectivity index (χ1) is 14.8. The van der Waals surface area contributed by atoms with Gasteiger partial charge >= 0.3 is 12.3 Å². The summed E-state index contributed by atoms with van der Waals surface area (Å²) >= 11 is 0. The maximum absolute atomic E-state index is 13.4. The highest BCUT2D eigenvalue weighted by Gasteiger charge is 2.38. The van der Waals surface area contributed by atoms with Crippen molar-refractivity contribution in [3.8, 4) is 0 Å². The lowest BCUT2D eigenvalue weighted by Gasteiger charge is -2.34. The van der Waals surface area contributed by atoms with E-state index >= 15 is 0 Å². The minimum atomic E-state index is -4.39. The molecule has 3 aliphatic heterocycles. The van der Waals surface area contributed by atoms with Crippen LogP contribution in [-0.4, -0.2) is 67.3 Å². The lowest BCUT2D eigenvalue weighted by molar-refractivity contribution is -0.138. The Labute approximate surface area is 178 Å². The van der Waals surface area contributed by atoms with Crippen molar-refractivity contribution in [3.05, 3.63) is 46.5 Å². The molecule has 0 aromatic heterocycles. The molecule has 6 nitrogen and oxygen atoms in total. The summed E-state index contributed by atoms with van der Waals surface area (Å²) in [5.41, 5.74) is 1.92. The molecule has 0 bridgehead atoms. The maximum Gasteiger partial charge on any atom is 0.416 e. The van der Waals surface area contributed by atoms with Crippen LogP contribution in [0.1, 0.15) is 36.3 Å². The van der Waals surface area contributed by atoms with Gasteiger partial charge in [-0.1, -0.05) is 18.2 Å². The first kappa shape index (κ1) is 21.4. The summed E-state index contributed by atoms with van der Waals surface area (Å²) in [6.07, 6.45) is -3.24. The number of likely N-dealkylation sites (tertiary alicyclic amines) is 1. The number of amides is 2. The molecular formula is C22H24F3N3O3. The fraction of sp³-hybridized carbons (Fsp3) is 0.500. The van der Waals surface area contributed by atoms with Crippen LogP contribution >= 0.6 is 0 Å². The molecule has 1 aromatic rings. The Morgan fingerprint density at radius 1 is 1.10 bits per heavy atom. The topological polar surface area (TPSA) is 62.2 Å². The summed E-state index contributed by atoms with van der Waals surface area (Å²) < 4.78 is 44.9. The smallest absolute Gasteiger partial charge is 0.416 e. The first-order valence-electron chi connectivity index (χ1n) is 10.3. The van der Waals surface area contributed by atoms with Gasteiger partial charge in [0, 0.05) is 25.2 Å². The number of aliphatic imine (C=N–C) groups is 1. The second-order valence-electron chi connectivity index (χ2n) is 8.04. The highest BCUT2D eigenvalue weighted by molar-refractivity contribution is 6.46. The Morgan fingerprint density at radius 2 is 1.81 bits per heavy atom. The zero-order valence-corrected chi connectivity index (χ0v) is 17.2. The first-order valence-corrected chi connectivity index (χ1v) is 10.3. The third-order valence-electron chi connectivity index (χ3n) is 6.30. The largest absolute Gasteiger partial charge is 0.453 e. The van der Waals surface area contributed by atoms with E-state index in [4.69, 9.17) is 4.74 Å². The third-order valence-corrected chi connectivity index (χ3v) is 6.30. The quantitative estimate of drug-likeness (QED) is 0.713. The second-order valence-corrected chi connectivity index (χ2v) is 8.04. The minimum Gasteiger partial charge on any atom is -0.453 e. The molecule has 166 valence electrons. The van der Waals surface area contributed by atoms with Crippen molar-refractivity contribution in [2.75, 3.05) is 39.8 Å². The summed E-state index contributed by atoms with van der Waals surface area (Å²) in [5, 5.41) is 0. The molecular weight excluding hydrogens is 411 g/mol. The fourth-order valence-electron chi connectivity index (χ4n) is 4.63. The van der Waals surface area contributed by atoms with Crippen molar-refractivity contribution in [1.82, 2.24) is 9.80 Å². The van der Waals surface area contributed by atoms with E-state index in [9.17, 15) is 22.8 Å². The van der Waals surface area contributed by atoms with Crippen LogP contribution in [0.5, 0.6) is 0 Å². The lowest BCUT2D eigenvalue weighted by atomic mass is 9.86. The van der Waals surface area contributed by atoms with Crippen molar-refractivity contribution < 1.29 is 27.5 Å². The summed E-state index contributed by atoms with van der Waals surface area (Å²) in [6.45, 7) is 2.03. The number of halogens is 3. The zero-order chi connectivity index (χ0) is 22.2. The van der Waals surface area contributed by atoms with Gasteiger partial charge in [-0.05, 0) is 42.4 Å². The number of carbonyl (C=O) groups excluding carboxylic acids is 2. The van der Waals surface area contributed by atoms with Crippen molar-refractivity contribution in [2.24, 2.45) is 4.99 Å². The van der Waals surface area contributed by atoms with Crippen LogP contribution in [0, 0.1) is 0 Å². The van der Waals surface area contributed by atoms with Crippen LogP contribution in [0.4, 0.5) is 18.0 Å². The molecule has 3 aliphatic rings. The second kappa shape index (κ2) is 8.36. The number of hydrogen-bond acceptors (Lipinski definition) is 4. The number of rotatable bonds is 2. The van der Waals surface area contributed by atoms with Crippen LogP contribution < -0.4 is 0 Å². The molecule has 4 rings (SSSR count). The van der Waals surface area contributed by atoms with E-state index in [1.807, 2.05) is 0 Å². The number of carbonyl (C=O) groups is 2. The summed E-state index contributed by atoms with van der Waals surface area (Å²) in [5.74, 6) is -0.453. The molecule has 1 aromatic carbocycles. The van der Waals surface area contributed by atoms with E-state index in [0.717, 1.165) is 17.2 Å². The highest BCUT2D eigenvalue weighted by atomic mass is 19.4. The summed E-state index contributed by atoms with van der Waals surface area (Å²) in [7, 11) is 1.32. The molecule has 3 heterocycles. The molecule has 1 fully saturated rings.